The van der Waals surface area contributed by atoms with E-state index in [9.17, 15) is 13.5 Å². The van der Waals surface area contributed by atoms with Crippen LogP contribution in [0.3, 0.4) is 0 Å². The second-order valence-electron chi connectivity index (χ2n) is 8.14. The van der Waals surface area contributed by atoms with Crippen LogP contribution in [0, 0.1) is 5.92 Å². The van der Waals surface area contributed by atoms with Crippen LogP contribution in [0.15, 0.2) is 30.4 Å². The molecule has 29 heavy (non-hydrogen) atoms. The number of nitrogens with zero attached hydrogens (tertiary/aromatic N) is 2. The summed E-state index contributed by atoms with van der Waals surface area (Å²) in [6.07, 6.45) is 10.8. The Bertz CT molecular complexity index is 886. The lowest BCUT2D eigenvalue weighted by atomic mass is 9.99. The monoisotopic (exact) mass is 438 g/mol. The van der Waals surface area contributed by atoms with Gasteiger partial charge in [-0.1, -0.05) is 25.2 Å². The summed E-state index contributed by atoms with van der Waals surface area (Å²) in [5, 5.41) is 11.8. The Morgan fingerprint density at radius 2 is 2.07 bits per heavy atom. The third kappa shape index (κ3) is 4.18. The highest BCUT2D eigenvalue weighted by Crippen LogP contribution is 2.38. The average Bonchev–Trinajstić information content (AvgIpc) is 3.36. The molecule has 1 N–H and O–H groups in total. The Hall–Kier alpha value is -1.19. The van der Waals surface area contributed by atoms with Gasteiger partial charge in [-0.15, -0.1) is 11.3 Å². The first-order valence-corrected chi connectivity index (χ1v) is 12.7. The number of rotatable bonds is 7. The Morgan fingerprint density at radius 3 is 2.83 bits per heavy atom. The van der Waals surface area contributed by atoms with Gasteiger partial charge in [-0.3, -0.25) is 0 Å². The lowest BCUT2D eigenvalue weighted by molar-refractivity contribution is 0.124. The molecule has 0 aromatic carbocycles. The third-order valence-electron chi connectivity index (χ3n) is 6.12. The Labute approximate surface area is 177 Å². The minimum Gasteiger partial charge on any atom is -0.484 e. The highest BCUT2D eigenvalue weighted by atomic mass is 32.2. The highest BCUT2D eigenvalue weighted by molar-refractivity contribution is 7.90. The van der Waals surface area contributed by atoms with E-state index in [-0.39, 0.29) is 6.54 Å². The summed E-state index contributed by atoms with van der Waals surface area (Å²) in [5.74, 6) is -0.490. The van der Waals surface area contributed by atoms with E-state index >= 15 is 0 Å². The number of ether oxygens (including phenoxy) is 1. The van der Waals surface area contributed by atoms with Crippen molar-refractivity contribution >= 4 is 21.4 Å². The van der Waals surface area contributed by atoms with Crippen molar-refractivity contribution in [2.45, 2.75) is 44.1 Å². The number of likely N-dealkylation sites (tertiary alicyclic amines) is 1. The van der Waals surface area contributed by atoms with Gasteiger partial charge in [0.15, 0.2) is 5.06 Å². The van der Waals surface area contributed by atoms with Crippen molar-refractivity contribution in [3.05, 3.63) is 40.8 Å². The molecule has 2 unspecified atom stereocenters. The molecule has 0 saturated carbocycles. The molecule has 0 spiro atoms. The standard InChI is InChI=1S/C21H30N2O4S2/c1-17-7-2-3-9-21(17,24)29(25,26)23-13-8-19-18(16-23)15-20(28-19)27-14-6-12-22-10-4-5-11-22/h2-3,7,9,15,17,24H,4-6,8,10-14,16H2,1H3. The van der Waals surface area contributed by atoms with E-state index in [0.717, 1.165) is 23.6 Å². The molecular formula is C21H30N2O4S2. The Balaban J connectivity index is 1.37. The number of sulfonamides is 1. The van der Waals surface area contributed by atoms with E-state index in [2.05, 4.69) is 4.90 Å². The van der Waals surface area contributed by atoms with E-state index in [4.69, 9.17) is 4.74 Å². The molecule has 8 heteroatoms. The molecule has 160 valence electrons. The molecule has 0 bridgehead atoms. The van der Waals surface area contributed by atoms with Crippen molar-refractivity contribution in [2.75, 3.05) is 32.8 Å². The first kappa shape index (κ1) is 21.1. The zero-order chi connectivity index (χ0) is 20.5. The maximum atomic E-state index is 13.2. The van der Waals surface area contributed by atoms with Gasteiger partial charge in [0.05, 0.1) is 6.61 Å². The van der Waals surface area contributed by atoms with Gasteiger partial charge in [0.25, 0.3) is 0 Å². The van der Waals surface area contributed by atoms with Gasteiger partial charge >= 0.3 is 0 Å². The lowest BCUT2D eigenvalue weighted by Crippen LogP contribution is -2.52. The number of thiophene rings is 1. The molecule has 2 aliphatic heterocycles. The lowest BCUT2D eigenvalue weighted by Gasteiger charge is -2.37. The summed E-state index contributed by atoms with van der Waals surface area (Å²) in [4.78, 5) is 1.78. The summed E-state index contributed by atoms with van der Waals surface area (Å²) in [6.45, 7) is 6.57. The Kier molecular flexibility index (Phi) is 6.18. The number of hydrogen-bond acceptors (Lipinski definition) is 6. The van der Waals surface area contributed by atoms with E-state index in [0.29, 0.717) is 19.6 Å². The van der Waals surface area contributed by atoms with Gasteiger partial charge in [-0.05, 0) is 56.5 Å². The number of allylic oxidation sites excluding steroid dienone is 2. The molecule has 1 saturated heterocycles. The van der Waals surface area contributed by atoms with Gasteiger partial charge < -0.3 is 14.7 Å². The zero-order valence-electron chi connectivity index (χ0n) is 16.9. The minimum absolute atomic E-state index is 0.290. The van der Waals surface area contributed by atoms with Crippen molar-refractivity contribution in [1.82, 2.24) is 9.21 Å². The van der Waals surface area contributed by atoms with Crippen LogP contribution >= 0.6 is 11.3 Å². The SMILES string of the molecule is CC1C=CC=CC1(O)S(=O)(=O)N1CCc2sc(OCCCN3CCCC3)cc2C1. The van der Waals surface area contributed by atoms with Gasteiger partial charge in [0, 0.05) is 30.4 Å². The molecule has 1 fully saturated rings. The predicted molar refractivity (Wildman–Crippen MR) is 116 cm³/mol. The topological polar surface area (TPSA) is 70.1 Å². The quantitative estimate of drug-likeness (QED) is 0.663. The van der Waals surface area contributed by atoms with Crippen LogP contribution in [0.1, 0.15) is 36.6 Å². The van der Waals surface area contributed by atoms with Crippen LogP contribution in [-0.4, -0.2) is 60.4 Å². The molecule has 6 nitrogen and oxygen atoms in total. The van der Waals surface area contributed by atoms with Gasteiger partial charge in [-0.25, -0.2) is 8.42 Å². The second-order valence-corrected chi connectivity index (χ2v) is 11.4. The maximum Gasteiger partial charge on any atom is 0.248 e. The second kappa shape index (κ2) is 8.51. The summed E-state index contributed by atoms with van der Waals surface area (Å²) in [6, 6.07) is 1.97. The summed E-state index contributed by atoms with van der Waals surface area (Å²) in [5.41, 5.74) is 0.992. The average molecular weight is 439 g/mol. The van der Waals surface area contributed by atoms with Crippen LogP contribution in [0.5, 0.6) is 5.06 Å². The zero-order valence-corrected chi connectivity index (χ0v) is 18.6. The van der Waals surface area contributed by atoms with Crippen molar-refractivity contribution in [3.63, 3.8) is 0 Å². The predicted octanol–water partition coefficient (Wildman–Crippen LogP) is 2.75. The molecule has 1 aromatic rings. The molecule has 1 aliphatic carbocycles. The van der Waals surface area contributed by atoms with Gasteiger partial charge in [0.2, 0.25) is 15.0 Å². The molecular weight excluding hydrogens is 408 g/mol. The largest absolute Gasteiger partial charge is 0.484 e. The number of fused-ring (bicyclic) bond motifs is 1. The molecule has 1 aromatic heterocycles. The normalized spacial score (nSPS) is 28.0. The minimum atomic E-state index is -3.89. The van der Waals surface area contributed by atoms with Crippen LogP contribution in [-0.2, 0) is 23.0 Å². The van der Waals surface area contributed by atoms with E-state index in [1.165, 1.54) is 41.2 Å². The highest BCUT2D eigenvalue weighted by Gasteiger charge is 2.48. The van der Waals surface area contributed by atoms with Crippen LogP contribution < -0.4 is 4.74 Å². The van der Waals surface area contributed by atoms with Crippen molar-refractivity contribution in [3.8, 4) is 5.06 Å². The number of hydrogen-bond donors (Lipinski definition) is 1. The fourth-order valence-electron chi connectivity index (χ4n) is 4.26. The van der Waals surface area contributed by atoms with Crippen molar-refractivity contribution in [2.24, 2.45) is 5.92 Å². The summed E-state index contributed by atoms with van der Waals surface area (Å²) < 4.78 is 33.7. The summed E-state index contributed by atoms with van der Waals surface area (Å²) >= 11 is 1.62. The summed E-state index contributed by atoms with van der Waals surface area (Å²) in [7, 11) is -3.89. The third-order valence-corrected chi connectivity index (χ3v) is 9.60. The molecule has 0 amide bonds. The van der Waals surface area contributed by atoms with Crippen molar-refractivity contribution in [1.29, 1.82) is 0 Å². The van der Waals surface area contributed by atoms with Gasteiger partial charge in [-0.2, -0.15) is 4.31 Å². The van der Waals surface area contributed by atoms with Crippen LogP contribution in [0.2, 0.25) is 0 Å². The first-order valence-electron chi connectivity index (χ1n) is 10.4. The van der Waals surface area contributed by atoms with Crippen LogP contribution in [0.4, 0.5) is 0 Å². The van der Waals surface area contributed by atoms with Gasteiger partial charge in [0.1, 0.15) is 0 Å². The fourth-order valence-corrected chi connectivity index (χ4v) is 7.15. The maximum absolute atomic E-state index is 13.2. The molecule has 2 atom stereocenters. The molecule has 4 rings (SSSR count). The van der Waals surface area contributed by atoms with Crippen molar-refractivity contribution < 1.29 is 18.3 Å². The number of aliphatic hydroxyl groups is 1. The molecule has 3 heterocycles. The Morgan fingerprint density at radius 1 is 1.28 bits per heavy atom. The molecule has 3 aliphatic rings. The first-order chi connectivity index (χ1) is 13.9. The van der Waals surface area contributed by atoms with E-state index in [1.54, 1.807) is 36.5 Å². The molecule has 0 radical (unpaired) electrons. The fraction of sp³-hybridized carbons (Fsp3) is 0.619. The van der Waals surface area contributed by atoms with Crippen LogP contribution in [0.25, 0.3) is 0 Å². The van der Waals surface area contributed by atoms with E-state index in [1.807, 2.05) is 6.07 Å². The smallest absolute Gasteiger partial charge is 0.248 e. The van der Waals surface area contributed by atoms with E-state index < -0.39 is 20.9 Å².